The highest BCUT2D eigenvalue weighted by Crippen LogP contribution is 2.32. The number of aryl methyl sites for hydroxylation is 1. The average Bonchev–Trinajstić information content (AvgIpc) is 3.48. The molecule has 2 heterocycles. The first kappa shape index (κ1) is 20.2. The molecule has 4 N–H and O–H groups in total. The fourth-order valence-corrected chi connectivity index (χ4v) is 3.39. The highest BCUT2D eigenvalue weighted by Gasteiger charge is 2.18. The molecule has 0 spiro atoms. The summed E-state index contributed by atoms with van der Waals surface area (Å²) < 4.78 is 5.16. The first-order chi connectivity index (χ1) is 15.0. The smallest absolute Gasteiger partial charge is 0.274 e. The molecule has 7 heteroatoms. The lowest BCUT2D eigenvalue weighted by atomic mass is 9.99. The molecule has 0 bridgehead atoms. The second-order valence-electron chi connectivity index (χ2n) is 7.09. The van der Waals surface area contributed by atoms with Crippen LogP contribution >= 0.6 is 0 Å². The normalized spacial score (nSPS) is 10.7. The molecule has 0 saturated carbocycles. The molecule has 0 aliphatic rings. The summed E-state index contributed by atoms with van der Waals surface area (Å²) in [4.78, 5) is 27.7. The van der Waals surface area contributed by atoms with Gasteiger partial charge in [0.2, 0.25) is 0 Å². The maximum absolute atomic E-state index is 13.1. The third kappa shape index (κ3) is 4.41. The second-order valence-corrected chi connectivity index (χ2v) is 7.09. The lowest BCUT2D eigenvalue weighted by Crippen LogP contribution is -2.18. The van der Waals surface area contributed by atoms with Gasteiger partial charge < -0.3 is 14.5 Å². The van der Waals surface area contributed by atoms with Crippen molar-refractivity contribution in [2.45, 2.75) is 12.8 Å². The van der Waals surface area contributed by atoms with Crippen molar-refractivity contribution in [3.63, 3.8) is 0 Å². The molecule has 0 unspecified atom stereocenters. The molecule has 2 aromatic carbocycles. The Morgan fingerprint density at radius 1 is 0.968 bits per heavy atom. The number of hydrogen-bond acceptors (Lipinski definition) is 5. The zero-order valence-electron chi connectivity index (χ0n) is 16.5. The minimum Gasteiger partial charge on any atom is -0.508 e. The monoisotopic (exact) mass is 416 g/mol. The Kier molecular flexibility index (Phi) is 5.68. The number of aromatic amines is 1. The molecule has 0 saturated heterocycles. The van der Waals surface area contributed by atoms with Crippen LogP contribution in [-0.4, -0.2) is 27.0 Å². The Labute approximate surface area is 177 Å². The number of phenols is 1. The minimum absolute atomic E-state index is 0.0602. The van der Waals surface area contributed by atoms with E-state index in [9.17, 15) is 14.7 Å². The number of ketones is 1. The van der Waals surface area contributed by atoms with Crippen LogP contribution in [-0.2, 0) is 6.42 Å². The quantitative estimate of drug-likeness (QED) is 0.200. The largest absolute Gasteiger partial charge is 0.508 e. The van der Waals surface area contributed by atoms with Crippen LogP contribution in [0.3, 0.4) is 0 Å². The summed E-state index contributed by atoms with van der Waals surface area (Å²) >= 11 is 0. The van der Waals surface area contributed by atoms with E-state index in [1.54, 1.807) is 66.5 Å². The van der Waals surface area contributed by atoms with Gasteiger partial charge in [-0.2, -0.15) is 0 Å². The van der Waals surface area contributed by atoms with Crippen LogP contribution in [0.4, 0.5) is 0 Å². The van der Waals surface area contributed by atoms with Crippen molar-refractivity contribution >= 4 is 11.7 Å². The van der Waals surface area contributed by atoms with E-state index >= 15 is 0 Å². The summed E-state index contributed by atoms with van der Waals surface area (Å²) in [5.74, 6) is -0.491. The van der Waals surface area contributed by atoms with Gasteiger partial charge in [-0.1, -0.05) is 24.3 Å². The molecule has 1 amide bonds. The van der Waals surface area contributed by atoms with E-state index in [4.69, 9.17) is 9.62 Å². The first-order valence-electron chi connectivity index (χ1n) is 9.66. The fourth-order valence-electron chi connectivity index (χ4n) is 3.39. The van der Waals surface area contributed by atoms with Gasteiger partial charge in [-0.15, -0.1) is 0 Å². The lowest BCUT2D eigenvalue weighted by molar-refractivity contribution is 0.0706. The maximum atomic E-state index is 13.1. The molecule has 0 atom stereocenters. The number of carbonyl (C=O) groups is 2. The van der Waals surface area contributed by atoms with E-state index in [2.05, 4.69) is 4.98 Å². The number of rotatable bonds is 7. The SMILES string of the molecule is O=C(NO)c1ccc(CCC(=O)c2[nH]c(-c3ccoc3)cc2-c2ccc(O)cc2)cc1. The number of phenolic OH excluding ortho intramolecular Hbond substituents is 1. The average molecular weight is 416 g/mol. The molecule has 7 nitrogen and oxygen atoms in total. The van der Waals surface area contributed by atoms with Crippen molar-refractivity contribution in [2.24, 2.45) is 0 Å². The maximum Gasteiger partial charge on any atom is 0.274 e. The molecule has 0 aliphatic heterocycles. The summed E-state index contributed by atoms with van der Waals surface area (Å²) in [6, 6.07) is 17.1. The predicted octanol–water partition coefficient (Wildman–Crippen LogP) is 4.58. The summed E-state index contributed by atoms with van der Waals surface area (Å²) in [5, 5.41) is 18.3. The number of furan rings is 1. The number of aromatic nitrogens is 1. The number of carbonyl (C=O) groups excluding carboxylic acids is 2. The highest BCUT2D eigenvalue weighted by molar-refractivity contribution is 6.02. The Hall–Kier alpha value is -4.10. The Balaban J connectivity index is 1.58. The second kappa shape index (κ2) is 8.73. The summed E-state index contributed by atoms with van der Waals surface area (Å²) in [7, 11) is 0. The predicted molar refractivity (Wildman–Crippen MR) is 114 cm³/mol. The van der Waals surface area contributed by atoms with E-state index in [-0.39, 0.29) is 18.0 Å². The first-order valence-corrected chi connectivity index (χ1v) is 9.66. The van der Waals surface area contributed by atoms with Gasteiger partial charge in [0.1, 0.15) is 5.75 Å². The van der Waals surface area contributed by atoms with E-state index < -0.39 is 5.91 Å². The van der Waals surface area contributed by atoms with Crippen LogP contribution in [0.2, 0.25) is 0 Å². The number of benzene rings is 2. The zero-order valence-corrected chi connectivity index (χ0v) is 16.5. The lowest BCUT2D eigenvalue weighted by Gasteiger charge is -2.06. The number of hydrogen-bond donors (Lipinski definition) is 4. The van der Waals surface area contributed by atoms with Crippen LogP contribution in [0.25, 0.3) is 22.4 Å². The van der Waals surface area contributed by atoms with Crippen LogP contribution in [0.15, 0.2) is 77.6 Å². The van der Waals surface area contributed by atoms with Crippen molar-refractivity contribution in [3.8, 4) is 28.1 Å². The number of aromatic hydroxyl groups is 1. The molecule has 156 valence electrons. The third-order valence-electron chi connectivity index (χ3n) is 5.07. The van der Waals surface area contributed by atoms with Crippen LogP contribution in [0.1, 0.15) is 32.8 Å². The molecule has 0 fully saturated rings. The molecular formula is C24H20N2O5. The molecule has 0 radical (unpaired) electrons. The van der Waals surface area contributed by atoms with Crippen molar-refractivity contribution in [1.29, 1.82) is 0 Å². The van der Waals surface area contributed by atoms with Crippen LogP contribution < -0.4 is 5.48 Å². The fraction of sp³-hybridized carbons (Fsp3) is 0.0833. The van der Waals surface area contributed by atoms with Crippen LogP contribution in [0.5, 0.6) is 5.75 Å². The number of H-pyrrole nitrogens is 1. The number of amides is 1. The van der Waals surface area contributed by atoms with Gasteiger partial charge in [-0.25, -0.2) is 5.48 Å². The molecule has 0 aliphatic carbocycles. The third-order valence-corrected chi connectivity index (χ3v) is 5.07. The van der Waals surface area contributed by atoms with Gasteiger partial charge in [0, 0.05) is 28.8 Å². The van der Waals surface area contributed by atoms with Crippen molar-refractivity contribution in [3.05, 3.63) is 90.0 Å². The van der Waals surface area contributed by atoms with E-state index in [1.165, 1.54) is 0 Å². The Morgan fingerprint density at radius 3 is 2.35 bits per heavy atom. The Morgan fingerprint density at radius 2 is 1.71 bits per heavy atom. The number of Topliss-reactive ketones (excluding diaryl/α,β-unsaturated/α-hetero) is 1. The van der Waals surface area contributed by atoms with Crippen molar-refractivity contribution < 1.29 is 24.3 Å². The highest BCUT2D eigenvalue weighted by atomic mass is 16.5. The number of nitrogens with one attached hydrogen (secondary N) is 2. The van der Waals surface area contributed by atoms with Gasteiger partial charge in [-0.05, 0) is 53.9 Å². The van der Waals surface area contributed by atoms with Gasteiger partial charge in [0.05, 0.1) is 18.2 Å². The van der Waals surface area contributed by atoms with E-state index in [0.29, 0.717) is 17.7 Å². The molecule has 4 rings (SSSR count). The van der Waals surface area contributed by atoms with Gasteiger partial charge in [0.15, 0.2) is 5.78 Å². The van der Waals surface area contributed by atoms with Gasteiger partial charge >= 0.3 is 0 Å². The summed E-state index contributed by atoms with van der Waals surface area (Å²) in [6.45, 7) is 0. The minimum atomic E-state index is -0.584. The van der Waals surface area contributed by atoms with Crippen LogP contribution in [0, 0.1) is 0 Å². The Bertz CT molecular complexity index is 1190. The van der Waals surface area contributed by atoms with E-state index in [0.717, 1.165) is 27.9 Å². The standard InChI is InChI=1S/C24H20N2O5/c27-19-8-6-16(7-9-19)20-13-21(18-11-12-31-14-18)25-23(20)22(28)10-3-15-1-4-17(5-2-15)24(29)26-30/h1-2,4-9,11-14,25,27,30H,3,10H2,(H,26,29). The van der Waals surface area contributed by atoms with Gasteiger partial charge in [0.25, 0.3) is 5.91 Å². The molecular weight excluding hydrogens is 396 g/mol. The summed E-state index contributed by atoms with van der Waals surface area (Å²) in [5.41, 5.74) is 6.46. The van der Waals surface area contributed by atoms with Crippen molar-refractivity contribution in [2.75, 3.05) is 0 Å². The number of hydroxylamine groups is 1. The zero-order chi connectivity index (χ0) is 21.8. The van der Waals surface area contributed by atoms with E-state index in [1.807, 2.05) is 12.1 Å². The molecule has 2 aromatic heterocycles. The van der Waals surface area contributed by atoms with Crippen molar-refractivity contribution in [1.82, 2.24) is 10.5 Å². The topological polar surface area (TPSA) is 116 Å². The summed E-state index contributed by atoms with van der Waals surface area (Å²) in [6.07, 6.45) is 3.93. The van der Waals surface area contributed by atoms with Gasteiger partial charge in [-0.3, -0.25) is 14.8 Å². The molecule has 4 aromatic rings. The molecule has 31 heavy (non-hydrogen) atoms.